The largest absolute Gasteiger partial charge is 0.497 e. The summed E-state index contributed by atoms with van der Waals surface area (Å²) in [6, 6.07) is 6.06. The fourth-order valence-electron chi connectivity index (χ4n) is 4.09. The van der Waals surface area contributed by atoms with Gasteiger partial charge in [0.25, 0.3) is 0 Å². The van der Waals surface area contributed by atoms with E-state index in [0.29, 0.717) is 19.2 Å². The summed E-state index contributed by atoms with van der Waals surface area (Å²) in [4.78, 5) is 17.3. The Morgan fingerprint density at radius 3 is 2.67 bits per heavy atom. The van der Waals surface area contributed by atoms with Gasteiger partial charge in [0.15, 0.2) is 0 Å². The first-order valence-electron chi connectivity index (χ1n) is 9.72. The van der Waals surface area contributed by atoms with Crippen LogP contribution in [0.15, 0.2) is 18.2 Å². The standard InChI is InChI=1S/C21H32N2O4/c1-21(2)22(3)17(14-27-21)11-15-7-6-10-23(20(15)24)13-16-8-9-18(25-4)12-19(16)26-5/h8-9,12,15,17H,6-7,10-11,13-14H2,1-5H3/t15-,17-/m0/s1. The summed E-state index contributed by atoms with van der Waals surface area (Å²) in [5.74, 6) is 1.82. The minimum atomic E-state index is -0.251. The SMILES string of the molecule is COc1ccc(CN2CCC[C@@H](C[C@H]3COC(C)(C)N3C)C2=O)c(OC)c1. The lowest BCUT2D eigenvalue weighted by Crippen LogP contribution is -2.45. The highest BCUT2D eigenvalue weighted by Gasteiger charge is 2.40. The van der Waals surface area contributed by atoms with Gasteiger partial charge in [0.2, 0.25) is 5.91 Å². The zero-order chi connectivity index (χ0) is 19.6. The van der Waals surface area contributed by atoms with Crippen molar-refractivity contribution in [2.45, 2.75) is 51.4 Å². The topological polar surface area (TPSA) is 51.2 Å². The third-order valence-corrected chi connectivity index (χ3v) is 6.08. The van der Waals surface area contributed by atoms with Crippen molar-refractivity contribution in [1.29, 1.82) is 0 Å². The highest BCUT2D eigenvalue weighted by molar-refractivity contribution is 5.79. The van der Waals surface area contributed by atoms with Crippen LogP contribution in [0.3, 0.4) is 0 Å². The molecule has 0 radical (unpaired) electrons. The molecule has 1 aromatic carbocycles. The maximum absolute atomic E-state index is 13.1. The lowest BCUT2D eigenvalue weighted by atomic mass is 9.90. The Balaban J connectivity index is 1.67. The van der Waals surface area contributed by atoms with Crippen molar-refractivity contribution in [1.82, 2.24) is 9.80 Å². The molecule has 0 spiro atoms. The quantitative estimate of drug-likeness (QED) is 0.764. The van der Waals surface area contributed by atoms with Gasteiger partial charge in [-0.15, -0.1) is 0 Å². The average Bonchev–Trinajstić information content (AvgIpc) is 2.92. The smallest absolute Gasteiger partial charge is 0.226 e. The molecule has 2 atom stereocenters. The minimum absolute atomic E-state index is 0.0629. The van der Waals surface area contributed by atoms with Gasteiger partial charge in [-0.3, -0.25) is 9.69 Å². The number of nitrogens with zero attached hydrogens (tertiary/aromatic N) is 2. The molecule has 150 valence electrons. The number of methoxy groups -OCH3 is 2. The molecule has 0 N–H and O–H groups in total. The maximum atomic E-state index is 13.1. The van der Waals surface area contributed by atoms with E-state index in [9.17, 15) is 4.79 Å². The summed E-state index contributed by atoms with van der Waals surface area (Å²) in [7, 11) is 5.37. The van der Waals surface area contributed by atoms with Crippen LogP contribution < -0.4 is 9.47 Å². The van der Waals surface area contributed by atoms with Gasteiger partial charge in [-0.25, -0.2) is 0 Å². The second-order valence-corrected chi connectivity index (χ2v) is 8.03. The second kappa shape index (κ2) is 8.07. The molecule has 0 bridgehead atoms. The fourth-order valence-corrected chi connectivity index (χ4v) is 4.09. The molecule has 1 amide bonds. The molecule has 0 aromatic heterocycles. The van der Waals surface area contributed by atoms with Crippen molar-refractivity contribution in [2.75, 3.05) is 34.4 Å². The van der Waals surface area contributed by atoms with E-state index in [-0.39, 0.29) is 17.6 Å². The number of ether oxygens (including phenoxy) is 3. The summed E-state index contributed by atoms with van der Waals surface area (Å²) in [5.41, 5.74) is 0.758. The number of amides is 1. The molecule has 2 aliphatic rings. The van der Waals surface area contributed by atoms with Crippen LogP contribution >= 0.6 is 0 Å². The molecule has 6 nitrogen and oxygen atoms in total. The molecule has 2 heterocycles. The molecule has 0 unspecified atom stereocenters. The van der Waals surface area contributed by atoms with Crippen LogP contribution in [0.2, 0.25) is 0 Å². The van der Waals surface area contributed by atoms with E-state index in [2.05, 4.69) is 25.8 Å². The number of piperidine rings is 1. The zero-order valence-corrected chi connectivity index (χ0v) is 17.2. The van der Waals surface area contributed by atoms with Crippen LogP contribution in [0.5, 0.6) is 11.5 Å². The Bertz CT molecular complexity index is 676. The van der Waals surface area contributed by atoms with E-state index in [1.54, 1.807) is 14.2 Å². The molecule has 0 saturated carbocycles. The highest BCUT2D eigenvalue weighted by Crippen LogP contribution is 2.33. The van der Waals surface area contributed by atoms with Crippen LogP contribution in [0.4, 0.5) is 0 Å². The van der Waals surface area contributed by atoms with Crippen molar-refractivity contribution in [3.8, 4) is 11.5 Å². The zero-order valence-electron chi connectivity index (χ0n) is 17.2. The number of carbonyl (C=O) groups excluding carboxylic acids is 1. The summed E-state index contributed by atoms with van der Waals surface area (Å²) in [6.07, 6.45) is 2.85. The number of benzene rings is 1. The van der Waals surface area contributed by atoms with Crippen LogP contribution in [-0.4, -0.2) is 61.9 Å². The van der Waals surface area contributed by atoms with Gasteiger partial charge >= 0.3 is 0 Å². The van der Waals surface area contributed by atoms with Gasteiger partial charge in [0, 0.05) is 36.7 Å². The molecular weight excluding hydrogens is 344 g/mol. The molecule has 1 aromatic rings. The van der Waals surface area contributed by atoms with E-state index in [1.807, 2.05) is 23.1 Å². The van der Waals surface area contributed by atoms with Gasteiger partial charge in [0.1, 0.15) is 17.2 Å². The Hall–Kier alpha value is -1.79. The third-order valence-electron chi connectivity index (χ3n) is 6.08. The highest BCUT2D eigenvalue weighted by atomic mass is 16.5. The lowest BCUT2D eigenvalue weighted by molar-refractivity contribution is -0.139. The number of carbonyl (C=O) groups is 1. The number of rotatable bonds is 6. The number of likely N-dealkylation sites (N-methyl/N-ethyl adjacent to an activating group) is 1. The predicted molar refractivity (Wildman–Crippen MR) is 104 cm³/mol. The second-order valence-electron chi connectivity index (χ2n) is 8.03. The lowest BCUT2D eigenvalue weighted by Gasteiger charge is -2.35. The van der Waals surface area contributed by atoms with E-state index in [1.165, 1.54) is 0 Å². The van der Waals surface area contributed by atoms with Crippen LogP contribution in [0.1, 0.15) is 38.7 Å². The van der Waals surface area contributed by atoms with E-state index < -0.39 is 0 Å². The Labute approximate surface area is 162 Å². The summed E-state index contributed by atoms with van der Waals surface area (Å²) in [5, 5.41) is 0. The third kappa shape index (κ3) is 4.22. The number of hydrogen-bond acceptors (Lipinski definition) is 5. The first kappa shape index (κ1) is 20.0. The average molecular weight is 376 g/mol. The molecule has 6 heteroatoms. The van der Waals surface area contributed by atoms with E-state index in [0.717, 1.165) is 42.9 Å². The summed E-state index contributed by atoms with van der Waals surface area (Å²) in [6.45, 7) is 6.23. The molecule has 3 rings (SSSR count). The van der Waals surface area contributed by atoms with Crippen LogP contribution in [0, 0.1) is 5.92 Å². The van der Waals surface area contributed by atoms with E-state index >= 15 is 0 Å². The Kier molecular flexibility index (Phi) is 5.96. The summed E-state index contributed by atoms with van der Waals surface area (Å²) >= 11 is 0. The first-order chi connectivity index (χ1) is 12.9. The van der Waals surface area contributed by atoms with Crippen molar-refractivity contribution < 1.29 is 19.0 Å². The van der Waals surface area contributed by atoms with Gasteiger partial charge in [-0.1, -0.05) is 0 Å². The molecule has 2 aliphatic heterocycles. The van der Waals surface area contributed by atoms with Crippen molar-refractivity contribution in [3.05, 3.63) is 23.8 Å². The Morgan fingerprint density at radius 2 is 2.04 bits per heavy atom. The van der Waals surface area contributed by atoms with Gasteiger partial charge < -0.3 is 19.1 Å². The molecule has 27 heavy (non-hydrogen) atoms. The number of hydrogen-bond donors (Lipinski definition) is 0. The van der Waals surface area contributed by atoms with E-state index in [4.69, 9.17) is 14.2 Å². The minimum Gasteiger partial charge on any atom is -0.497 e. The van der Waals surface area contributed by atoms with Crippen molar-refractivity contribution in [2.24, 2.45) is 5.92 Å². The molecular formula is C21H32N2O4. The van der Waals surface area contributed by atoms with Crippen molar-refractivity contribution >= 4 is 5.91 Å². The molecule has 2 saturated heterocycles. The van der Waals surface area contributed by atoms with Crippen LogP contribution in [0.25, 0.3) is 0 Å². The normalized spacial score (nSPS) is 25.7. The number of likely N-dealkylation sites (tertiary alicyclic amines) is 1. The predicted octanol–water partition coefficient (Wildman–Crippen LogP) is 2.90. The van der Waals surface area contributed by atoms with Crippen molar-refractivity contribution in [3.63, 3.8) is 0 Å². The monoisotopic (exact) mass is 376 g/mol. The summed E-state index contributed by atoms with van der Waals surface area (Å²) < 4.78 is 16.6. The molecule has 0 aliphatic carbocycles. The fraction of sp³-hybridized carbons (Fsp3) is 0.667. The Morgan fingerprint density at radius 1 is 1.26 bits per heavy atom. The molecule has 2 fully saturated rings. The van der Waals surface area contributed by atoms with Gasteiger partial charge in [-0.05, 0) is 52.3 Å². The maximum Gasteiger partial charge on any atom is 0.226 e. The van der Waals surface area contributed by atoms with Gasteiger partial charge in [-0.2, -0.15) is 0 Å². The first-order valence-corrected chi connectivity index (χ1v) is 9.72. The van der Waals surface area contributed by atoms with Crippen LogP contribution in [-0.2, 0) is 16.1 Å². The van der Waals surface area contributed by atoms with Gasteiger partial charge in [0.05, 0.1) is 20.8 Å².